The second kappa shape index (κ2) is 6.50. The van der Waals surface area contributed by atoms with Crippen molar-refractivity contribution in [3.63, 3.8) is 0 Å². The van der Waals surface area contributed by atoms with Crippen molar-refractivity contribution in [2.45, 2.75) is 26.8 Å². The number of nitrogens with zero attached hydrogens (tertiary/aromatic N) is 1. The van der Waals surface area contributed by atoms with Crippen LogP contribution in [0, 0.1) is 18.7 Å². The Kier molecular flexibility index (Phi) is 5.28. The summed E-state index contributed by atoms with van der Waals surface area (Å²) in [6, 6.07) is 4.92. The smallest absolute Gasteiger partial charge is 0.225 e. The van der Waals surface area contributed by atoms with Gasteiger partial charge in [0.05, 0.1) is 0 Å². The van der Waals surface area contributed by atoms with Crippen LogP contribution < -0.4 is 5.73 Å². The highest BCUT2D eigenvalue weighted by atomic mass is 19.1. The molecule has 0 aliphatic rings. The van der Waals surface area contributed by atoms with Crippen molar-refractivity contribution in [2.75, 3.05) is 13.6 Å². The molecule has 0 radical (unpaired) electrons. The standard InChI is InChI=1S/C14H21FN2O/c1-10(6-7-16)14(18)17(3)9-12-4-5-13(15)11(2)8-12/h4-5,8,10H,6-7,9,16H2,1-3H3. The zero-order valence-corrected chi connectivity index (χ0v) is 11.2. The lowest BCUT2D eigenvalue weighted by Crippen LogP contribution is -2.32. The SMILES string of the molecule is Cc1cc(CN(C)C(=O)C(C)CCN)ccc1F. The number of nitrogens with two attached hydrogens (primary N) is 1. The van der Waals surface area contributed by atoms with Crippen LogP contribution in [0.1, 0.15) is 24.5 Å². The number of amides is 1. The monoisotopic (exact) mass is 252 g/mol. The Hall–Kier alpha value is -1.42. The van der Waals surface area contributed by atoms with Crippen molar-refractivity contribution in [3.05, 3.63) is 35.1 Å². The predicted molar refractivity (Wildman–Crippen MR) is 70.4 cm³/mol. The zero-order valence-electron chi connectivity index (χ0n) is 11.2. The summed E-state index contributed by atoms with van der Waals surface area (Å²) in [5, 5.41) is 0. The lowest BCUT2D eigenvalue weighted by atomic mass is 10.1. The van der Waals surface area contributed by atoms with Crippen LogP contribution in [-0.4, -0.2) is 24.4 Å². The predicted octanol–water partition coefficient (Wildman–Crippen LogP) is 2.08. The summed E-state index contributed by atoms with van der Waals surface area (Å²) >= 11 is 0. The summed E-state index contributed by atoms with van der Waals surface area (Å²) in [5.74, 6) is -0.215. The van der Waals surface area contributed by atoms with Gasteiger partial charge in [-0.3, -0.25) is 4.79 Å². The molecular weight excluding hydrogens is 231 g/mol. The zero-order chi connectivity index (χ0) is 13.7. The Balaban J connectivity index is 2.66. The largest absolute Gasteiger partial charge is 0.341 e. The van der Waals surface area contributed by atoms with Crippen molar-refractivity contribution in [3.8, 4) is 0 Å². The van der Waals surface area contributed by atoms with E-state index in [0.717, 1.165) is 5.56 Å². The topological polar surface area (TPSA) is 46.3 Å². The third-order valence-electron chi connectivity index (χ3n) is 3.04. The van der Waals surface area contributed by atoms with Gasteiger partial charge in [-0.15, -0.1) is 0 Å². The van der Waals surface area contributed by atoms with Crippen molar-refractivity contribution in [2.24, 2.45) is 11.7 Å². The highest BCUT2D eigenvalue weighted by molar-refractivity contribution is 5.78. The van der Waals surface area contributed by atoms with Gasteiger partial charge in [0, 0.05) is 19.5 Å². The minimum Gasteiger partial charge on any atom is -0.341 e. The fourth-order valence-corrected chi connectivity index (χ4v) is 1.91. The van der Waals surface area contributed by atoms with Gasteiger partial charge >= 0.3 is 0 Å². The molecule has 0 aliphatic heterocycles. The van der Waals surface area contributed by atoms with E-state index in [1.54, 1.807) is 31.0 Å². The Labute approximate surface area is 108 Å². The Bertz CT molecular complexity index is 420. The van der Waals surface area contributed by atoms with Crippen LogP contribution >= 0.6 is 0 Å². The number of carbonyl (C=O) groups is 1. The highest BCUT2D eigenvalue weighted by Gasteiger charge is 2.16. The van der Waals surface area contributed by atoms with Gasteiger partial charge in [0.2, 0.25) is 5.91 Å². The van der Waals surface area contributed by atoms with Gasteiger partial charge in [-0.1, -0.05) is 19.1 Å². The quantitative estimate of drug-likeness (QED) is 0.872. The molecule has 0 spiro atoms. The van der Waals surface area contributed by atoms with Crippen LogP contribution in [-0.2, 0) is 11.3 Å². The maximum Gasteiger partial charge on any atom is 0.225 e. The molecule has 0 bridgehead atoms. The Morgan fingerprint density at radius 1 is 1.50 bits per heavy atom. The van der Waals surface area contributed by atoms with Gasteiger partial charge in [-0.2, -0.15) is 0 Å². The molecule has 4 heteroatoms. The van der Waals surface area contributed by atoms with Crippen molar-refractivity contribution < 1.29 is 9.18 Å². The number of rotatable bonds is 5. The first-order valence-electron chi connectivity index (χ1n) is 6.15. The summed E-state index contributed by atoms with van der Waals surface area (Å²) < 4.78 is 13.1. The lowest BCUT2D eigenvalue weighted by molar-refractivity contribution is -0.134. The molecule has 1 unspecified atom stereocenters. The summed E-state index contributed by atoms with van der Waals surface area (Å²) in [6.45, 7) is 4.60. The van der Waals surface area contributed by atoms with E-state index in [2.05, 4.69) is 0 Å². The van der Waals surface area contributed by atoms with E-state index < -0.39 is 0 Å². The van der Waals surface area contributed by atoms with Crippen LogP contribution in [0.2, 0.25) is 0 Å². The molecule has 1 aromatic rings. The molecule has 3 nitrogen and oxygen atoms in total. The van der Waals surface area contributed by atoms with Gasteiger partial charge in [0.15, 0.2) is 0 Å². The third kappa shape index (κ3) is 3.81. The van der Waals surface area contributed by atoms with Crippen LogP contribution in [0.5, 0.6) is 0 Å². The maximum absolute atomic E-state index is 13.1. The van der Waals surface area contributed by atoms with E-state index >= 15 is 0 Å². The molecule has 0 fully saturated rings. The van der Waals surface area contributed by atoms with Crippen LogP contribution in [0.4, 0.5) is 4.39 Å². The van der Waals surface area contributed by atoms with Crippen molar-refractivity contribution in [1.29, 1.82) is 0 Å². The molecule has 0 saturated heterocycles. The molecule has 1 atom stereocenters. The van der Waals surface area contributed by atoms with Crippen molar-refractivity contribution in [1.82, 2.24) is 4.90 Å². The molecule has 0 aromatic heterocycles. The number of carbonyl (C=O) groups excluding carboxylic acids is 1. The molecule has 1 rings (SSSR count). The first-order valence-corrected chi connectivity index (χ1v) is 6.15. The Morgan fingerprint density at radius 3 is 2.72 bits per heavy atom. The average Bonchev–Trinajstić information content (AvgIpc) is 2.33. The molecule has 0 saturated carbocycles. The van der Waals surface area contributed by atoms with E-state index in [9.17, 15) is 9.18 Å². The average molecular weight is 252 g/mol. The summed E-state index contributed by atoms with van der Waals surface area (Å²) in [5.41, 5.74) is 6.98. The van der Waals surface area contributed by atoms with Gasteiger partial charge in [-0.05, 0) is 37.1 Å². The van der Waals surface area contributed by atoms with Crippen LogP contribution in [0.3, 0.4) is 0 Å². The van der Waals surface area contributed by atoms with E-state index in [0.29, 0.717) is 25.1 Å². The summed E-state index contributed by atoms with van der Waals surface area (Å²) in [7, 11) is 1.76. The summed E-state index contributed by atoms with van der Waals surface area (Å²) in [4.78, 5) is 13.6. The number of benzene rings is 1. The molecule has 0 aliphatic carbocycles. The van der Waals surface area contributed by atoms with E-state index in [1.807, 2.05) is 6.92 Å². The van der Waals surface area contributed by atoms with Gasteiger partial charge in [0.1, 0.15) is 5.82 Å². The molecule has 2 N–H and O–H groups in total. The number of halogens is 1. The van der Waals surface area contributed by atoms with Gasteiger partial charge < -0.3 is 10.6 Å². The number of hydrogen-bond acceptors (Lipinski definition) is 2. The van der Waals surface area contributed by atoms with E-state index in [4.69, 9.17) is 5.73 Å². The van der Waals surface area contributed by atoms with Crippen molar-refractivity contribution >= 4 is 5.91 Å². The molecular formula is C14H21FN2O. The first kappa shape index (κ1) is 14.6. The molecule has 18 heavy (non-hydrogen) atoms. The normalized spacial score (nSPS) is 12.3. The number of aryl methyl sites for hydroxylation is 1. The fraction of sp³-hybridized carbons (Fsp3) is 0.500. The van der Waals surface area contributed by atoms with Crippen LogP contribution in [0.25, 0.3) is 0 Å². The second-order valence-electron chi connectivity index (χ2n) is 4.76. The van der Waals surface area contributed by atoms with Gasteiger partial charge in [0.25, 0.3) is 0 Å². The third-order valence-corrected chi connectivity index (χ3v) is 3.04. The van der Waals surface area contributed by atoms with E-state index in [1.165, 1.54) is 6.07 Å². The lowest BCUT2D eigenvalue weighted by Gasteiger charge is -2.21. The molecule has 1 aromatic carbocycles. The minimum absolute atomic E-state index is 0.0680. The maximum atomic E-state index is 13.1. The van der Waals surface area contributed by atoms with Gasteiger partial charge in [-0.25, -0.2) is 4.39 Å². The first-order chi connectivity index (χ1) is 8.45. The second-order valence-corrected chi connectivity index (χ2v) is 4.76. The summed E-state index contributed by atoms with van der Waals surface area (Å²) in [6.07, 6.45) is 0.686. The minimum atomic E-state index is -0.218. The number of hydrogen-bond donors (Lipinski definition) is 1. The molecule has 100 valence electrons. The fourth-order valence-electron chi connectivity index (χ4n) is 1.91. The Morgan fingerprint density at radius 2 is 2.17 bits per heavy atom. The molecule has 0 heterocycles. The highest BCUT2D eigenvalue weighted by Crippen LogP contribution is 2.13. The molecule has 1 amide bonds. The van der Waals surface area contributed by atoms with Crippen LogP contribution in [0.15, 0.2) is 18.2 Å². The van der Waals surface area contributed by atoms with E-state index in [-0.39, 0.29) is 17.6 Å².